The van der Waals surface area contributed by atoms with E-state index in [1.807, 2.05) is 36.4 Å². The molecule has 0 fully saturated rings. The quantitative estimate of drug-likeness (QED) is 0.839. The van der Waals surface area contributed by atoms with Gasteiger partial charge in [-0.05, 0) is 43.2 Å². The van der Waals surface area contributed by atoms with Crippen LogP contribution in [0.2, 0.25) is 0 Å². The zero-order chi connectivity index (χ0) is 12.1. The summed E-state index contributed by atoms with van der Waals surface area (Å²) in [6, 6.07) is 17.1. The van der Waals surface area contributed by atoms with E-state index in [4.69, 9.17) is 0 Å². The first kappa shape index (κ1) is 11.6. The Hall–Kier alpha value is -1.83. The Bertz CT molecular complexity index is 467. The second kappa shape index (κ2) is 5.48. The van der Waals surface area contributed by atoms with Gasteiger partial charge in [0.1, 0.15) is 5.82 Å². The van der Waals surface area contributed by atoms with Crippen molar-refractivity contribution in [3.63, 3.8) is 0 Å². The van der Waals surface area contributed by atoms with Gasteiger partial charge in [0.2, 0.25) is 0 Å². The van der Waals surface area contributed by atoms with E-state index in [2.05, 4.69) is 12.2 Å². The first-order valence-corrected chi connectivity index (χ1v) is 5.80. The average molecular weight is 229 g/mol. The van der Waals surface area contributed by atoms with Crippen LogP contribution in [-0.2, 0) is 6.42 Å². The van der Waals surface area contributed by atoms with Crippen molar-refractivity contribution in [3.05, 3.63) is 66.0 Å². The third-order valence-electron chi connectivity index (χ3n) is 2.62. The van der Waals surface area contributed by atoms with Gasteiger partial charge in [-0.15, -0.1) is 0 Å². The van der Waals surface area contributed by atoms with Crippen molar-refractivity contribution in [2.45, 2.75) is 19.4 Å². The normalized spacial score (nSPS) is 12.1. The Balaban J connectivity index is 1.96. The largest absolute Gasteiger partial charge is 0.382 e. The number of rotatable bonds is 4. The third kappa shape index (κ3) is 3.59. The van der Waals surface area contributed by atoms with Crippen molar-refractivity contribution in [2.24, 2.45) is 0 Å². The van der Waals surface area contributed by atoms with E-state index in [-0.39, 0.29) is 11.9 Å². The van der Waals surface area contributed by atoms with Crippen molar-refractivity contribution in [3.8, 4) is 0 Å². The molecule has 1 atom stereocenters. The third-order valence-corrected chi connectivity index (χ3v) is 2.62. The molecule has 88 valence electrons. The van der Waals surface area contributed by atoms with Crippen LogP contribution in [0.15, 0.2) is 54.6 Å². The molecule has 0 aliphatic carbocycles. The van der Waals surface area contributed by atoms with Crippen LogP contribution in [0.3, 0.4) is 0 Å². The number of hydrogen-bond acceptors (Lipinski definition) is 1. The molecule has 1 unspecified atom stereocenters. The maximum atomic E-state index is 13.0. The molecule has 0 saturated heterocycles. The molecular formula is C15H16FN. The Labute approximate surface area is 101 Å². The minimum Gasteiger partial charge on any atom is -0.382 e. The molecule has 0 radical (unpaired) electrons. The number of nitrogens with one attached hydrogen (secondary N) is 1. The van der Waals surface area contributed by atoms with Gasteiger partial charge < -0.3 is 5.32 Å². The minimum absolute atomic E-state index is 0.172. The van der Waals surface area contributed by atoms with E-state index >= 15 is 0 Å². The highest BCUT2D eigenvalue weighted by Gasteiger charge is 2.03. The molecule has 0 spiro atoms. The van der Waals surface area contributed by atoms with Crippen molar-refractivity contribution >= 4 is 5.69 Å². The van der Waals surface area contributed by atoms with E-state index in [0.29, 0.717) is 0 Å². The van der Waals surface area contributed by atoms with E-state index in [9.17, 15) is 4.39 Å². The van der Waals surface area contributed by atoms with E-state index in [0.717, 1.165) is 17.7 Å². The lowest BCUT2D eigenvalue weighted by Crippen LogP contribution is -2.17. The fourth-order valence-corrected chi connectivity index (χ4v) is 1.89. The first-order valence-electron chi connectivity index (χ1n) is 5.80. The second-order valence-corrected chi connectivity index (χ2v) is 4.25. The summed E-state index contributed by atoms with van der Waals surface area (Å²) < 4.78 is 13.0. The Morgan fingerprint density at radius 1 is 1.06 bits per heavy atom. The summed E-state index contributed by atoms with van der Waals surface area (Å²) in [5, 5.41) is 3.39. The Morgan fingerprint density at radius 2 is 1.82 bits per heavy atom. The highest BCUT2D eigenvalue weighted by atomic mass is 19.1. The SMILES string of the molecule is CC(Cc1cccc(F)c1)Nc1ccccc1. The van der Waals surface area contributed by atoms with Crippen LogP contribution in [0, 0.1) is 5.82 Å². The van der Waals surface area contributed by atoms with Gasteiger partial charge in [0.25, 0.3) is 0 Å². The fourth-order valence-electron chi connectivity index (χ4n) is 1.89. The molecule has 0 aromatic heterocycles. The monoisotopic (exact) mass is 229 g/mol. The smallest absolute Gasteiger partial charge is 0.123 e. The van der Waals surface area contributed by atoms with Crippen LogP contribution in [-0.4, -0.2) is 6.04 Å². The van der Waals surface area contributed by atoms with Gasteiger partial charge in [-0.25, -0.2) is 4.39 Å². The first-order chi connectivity index (χ1) is 8.24. The van der Waals surface area contributed by atoms with Gasteiger partial charge in [-0.1, -0.05) is 30.3 Å². The van der Waals surface area contributed by atoms with Crippen molar-refractivity contribution in [2.75, 3.05) is 5.32 Å². The zero-order valence-corrected chi connectivity index (χ0v) is 9.86. The average Bonchev–Trinajstić information content (AvgIpc) is 2.30. The van der Waals surface area contributed by atoms with E-state index < -0.39 is 0 Å². The van der Waals surface area contributed by atoms with E-state index in [1.54, 1.807) is 12.1 Å². The highest BCUT2D eigenvalue weighted by molar-refractivity contribution is 5.43. The number of benzene rings is 2. The Kier molecular flexibility index (Phi) is 3.76. The minimum atomic E-state index is -0.172. The number of halogens is 1. The lowest BCUT2D eigenvalue weighted by molar-refractivity contribution is 0.624. The fraction of sp³-hybridized carbons (Fsp3) is 0.200. The van der Waals surface area contributed by atoms with Gasteiger partial charge in [0.05, 0.1) is 0 Å². The molecule has 0 amide bonds. The van der Waals surface area contributed by atoms with Crippen LogP contribution in [0.25, 0.3) is 0 Å². The van der Waals surface area contributed by atoms with Gasteiger partial charge in [-0.2, -0.15) is 0 Å². The number of para-hydroxylation sites is 1. The zero-order valence-electron chi connectivity index (χ0n) is 9.86. The van der Waals surface area contributed by atoms with Crippen LogP contribution in [0.4, 0.5) is 10.1 Å². The molecule has 0 saturated carbocycles. The molecule has 0 heterocycles. The summed E-state index contributed by atoms with van der Waals surface area (Å²) in [6.45, 7) is 2.10. The van der Waals surface area contributed by atoms with Gasteiger partial charge >= 0.3 is 0 Å². The molecule has 17 heavy (non-hydrogen) atoms. The predicted molar refractivity (Wildman–Crippen MR) is 69.6 cm³/mol. The molecule has 0 bridgehead atoms. The van der Waals surface area contributed by atoms with E-state index in [1.165, 1.54) is 6.07 Å². The van der Waals surface area contributed by atoms with Crippen LogP contribution >= 0.6 is 0 Å². The number of anilines is 1. The molecule has 2 aromatic rings. The van der Waals surface area contributed by atoms with Gasteiger partial charge in [-0.3, -0.25) is 0 Å². The molecular weight excluding hydrogens is 213 g/mol. The van der Waals surface area contributed by atoms with Crippen molar-refractivity contribution in [1.29, 1.82) is 0 Å². The summed E-state index contributed by atoms with van der Waals surface area (Å²) in [6.07, 6.45) is 0.812. The molecule has 2 rings (SSSR count). The van der Waals surface area contributed by atoms with Gasteiger partial charge in [0, 0.05) is 11.7 Å². The molecule has 0 aliphatic heterocycles. The lowest BCUT2D eigenvalue weighted by Gasteiger charge is -2.15. The topological polar surface area (TPSA) is 12.0 Å². The molecule has 2 heteroatoms. The van der Waals surface area contributed by atoms with Crippen LogP contribution < -0.4 is 5.32 Å². The van der Waals surface area contributed by atoms with Crippen LogP contribution in [0.5, 0.6) is 0 Å². The van der Waals surface area contributed by atoms with Crippen molar-refractivity contribution in [1.82, 2.24) is 0 Å². The maximum Gasteiger partial charge on any atom is 0.123 e. The second-order valence-electron chi connectivity index (χ2n) is 4.25. The summed E-state index contributed by atoms with van der Waals surface area (Å²) in [7, 11) is 0. The maximum absolute atomic E-state index is 13.0. The predicted octanol–water partition coefficient (Wildman–Crippen LogP) is 3.87. The molecule has 1 nitrogen and oxygen atoms in total. The number of hydrogen-bond donors (Lipinski definition) is 1. The summed E-state index contributed by atoms with van der Waals surface area (Å²) >= 11 is 0. The van der Waals surface area contributed by atoms with Crippen LogP contribution in [0.1, 0.15) is 12.5 Å². The van der Waals surface area contributed by atoms with Crippen molar-refractivity contribution < 1.29 is 4.39 Å². The summed E-state index contributed by atoms with van der Waals surface area (Å²) in [4.78, 5) is 0. The molecule has 1 N–H and O–H groups in total. The standard InChI is InChI=1S/C15H16FN/c1-12(17-15-8-3-2-4-9-15)10-13-6-5-7-14(16)11-13/h2-9,11-12,17H,10H2,1H3. The van der Waals surface area contributed by atoms with Gasteiger partial charge in [0.15, 0.2) is 0 Å². The summed E-state index contributed by atoms with van der Waals surface area (Å²) in [5.41, 5.74) is 2.11. The Morgan fingerprint density at radius 3 is 2.53 bits per heavy atom. The molecule has 0 aliphatic rings. The highest BCUT2D eigenvalue weighted by Crippen LogP contribution is 2.11. The lowest BCUT2D eigenvalue weighted by atomic mass is 10.1. The summed E-state index contributed by atoms with van der Waals surface area (Å²) in [5.74, 6) is -0.172. The molecule has 2 aromatic carbocycles.